The Labute approximate surface area is 163 Å². The van der Waals surface area contributed by atoms with Crippen LogP contribution >= 0.6 is 0 Å². The zero-order valence-corrected chi connectivity index (χ0v) is 15.3. The van der Waals surface area contributed by atoms with Gasteiger partial charge in [-0.2, -0.15) is 5.10 Å². The molecule has 0 saturated heterocycles. The van der Waals surface area contributed by atoms with Gasteiger partial charge in [0.15, 0.2) is 0 Å². The second-order valence-electron chi connectivity index (χ2n) is 6.45. The average molecular weight is 368 g/mol. The summed E-state index contributed by atoms with van der Waals surface area (Å²) in [5.74, 6) is 0. The van der Waals surface area contributed by atoms with Crippen molar-refractivity contribution in [2.45, 2.75) is 6.54 Å². The zero-order chi connectivity index (χ0) is 19.3. The summed E-state index contributed by atoms with van der Waals surface area (Å²) < 4.78 is 1.36. The molecule has 1 heterocycles. The quantitative estimate of drug-likeness (QED) is 0.573. The summed E-state index contributed by atoms with van der Waals surface area (Å²) in [6.07, 6.45) is 0. The SMILES string of the molecule is O=c1c(-c2ccccc2)c(-c2ccccc2)c(-c2ccccc2)nn1CCO. The van der Waals surface area contributed by atoms with Gasteiger partial charge in [-0.05, 0) is 11.1 Å². The van der Waals surface area contributed by atoms with Crippen molar-refractivity contribution in [2.75, 3.05) is 6.61 Å². The number of benzene rings is 3. The van der Waals surface area contributed by atoms with Crippen LogP contribution in [0.5, 0.6) is 0 Å². The van der Waals surface area contributed by atoms with E-state index >= 15 is 0 Å². The first kappa shape index (κ1) is 17.9. The third-order valence-corrected chi connectivity index (χ3v) is 4.64. The molecule has 0 aliphatic carbocycles. The standard InChI is InChI=1S/C24H20N2O2/c27-17-16-26-24(28)22(19-12-6-2-7-13-19)21(18-10-4-1-5-11-18)23(25-26)20-14-8-3-9-15-20/h1-15,27H,16-17H2. The summed E-state index contributed by atoms with van der Waals surface area (Å²) in [5, 5.41) is 14.1. The number of aliphatic hydroxyl groups excluding tert-OH is 1. The van der Waals surface area contributed by atoms with Gasteiger partial charge < -0.3 is 5.11 Å². The smallest absolute Gasteiger partial charge is 0.275 e. The van der Waals surface area contributed by atoms with Gasteiger partial charge in [-0.3, -0.25) is 4.79 Å². The van der Waals surface area contributed by atoms with Crippen LogP contribution in [0.15, 0.2) is 95.8 Å². The van der Waals surface area contributed by atoms with E-state index in [1.807, 2.05) is 91.0 Å². The molecule has 0 radical (unpaired) electrons. The lowest BCUT2D eigenvalue weighted by atomic mass is 9.92. The van der Waals surface area contributed by atoms with Crippen LogP contribution in [0.2, 0.25) is 0 Å². The van der Waals surface area contributed by atoms with Crippen molar-refractivity contribution in [1.82, 2.24) is 9.78 Å². The predicted octanol–water partition coefficient (Wildman–Crippen LogP) is 4.24. The summed E-state index contributed by atoms with van der Waals surface area (Å²) in [6, 6.07) is 29.3. The van der Waals surface area contributed by atoms with Gasteiger partial charge in [0, 0.05) is 11.1 Å². The maximum atomic E-state index is 13.3. The minimum absolute atomic E-state index is 0.146. The van der Waals surface area contributed by atoms with Crippen molar-refractivity contribution < 1.29 is 5.11 Å². The molecule has 0 aliphatic rings. The van der Waals surface area contributed by atoms with Crippen molar-refractivity contribution in [2.24, 2.45) is 0 Å². The fourth-order valence-corrected chi connectivity index (χ4v) is 3.37. The Bertz CT molecular complexity index is 1120. The highest BCUT2D eigenvalue weighted by molar-refractivity contribution is 5.92. The van der Waals surface area contributed by atoms with Crippen LogP contribution in [0.3, 0.4) is 0 Å². The molecule has 28 heavy (non-hydrogen) atoms. The number of nitrogens with zero attached hydrogens (tertiary/aromatic N) is 2. The van der Waals surface area contributed by atoms with Gasteiger partial charge in [0.25, 0.3) is 5.56 Å². The van der Waals surface area contributed by atoms with E-state index in [0.717, 1.165) is 27.9 Å². The van der Waals surface area contributed by atoms with Crippen LogP contribution in [0.1, 0.15) is 0 Å². The van der Waals surface area contributed by atoms with Gasteiger partial charge in [-0.1, -0.05) is 91.0 Å². The van der Waals surface area contributed by atoms with Gasteiger partial charge in [0.05, 0.1) is 24.4 Å². The van der Waals surface area contributed by atoms with Crippen LogP contribution in [0.25, 0.3) is 33.5 Å². The Kier molecular flexibility index (Phi) is 5.13. The summed E-state index contributed by atoms with van der Waals surface area (Å²) >= 11 is 0. The van der Waals surface area contributed by atoms with Crippen LogP contribution in [-0.2, 0) is 6.54 Å². The predicted molar refractivity (Wildman–Crippen MR) is 112 cm³/mol. The normalized spacial score (nSPS) is 10.8. The van der Waals surface area contributed by atoms with Gasteiger partial charge in [-0.25, -0.2) is 4.68 Å². The second kappa shape index (κ2) is 8.03. The van der Waals surface area contributed by atoms with E-state index in [1.165, 1.54) is 4.68 Å². The molecule has 4 aromatic rings. The number of aliphatic hydroxyl groups is 1. The van der Waals surface area contributed by atoms with E-state index < -0.39 is 0 Å². The maximum Gasteiger partial charge on any atom is 0.275 e. The van der Waals surface area contributed by atoms with Gasteiger partial charge in [-0.15, -0.1) is 0 Å². The van der Waals surface area contributed by atoms with E-state index in [9.17, 15) is 9.90 Å². The number of aromatic nitrogens is 2. The summed E-state index contributed by atoms with van der Waals surface area (Å²) in [4.78, 5) is 13.3. The molecular weight excluding hydrogens is 348 g/mol. The highest BCUT2D eigenvalue weighted by Gasteiger charge is 2.21. The molecular formula is C24H20N2O2. The van der Waals surface area contributed by atoms with Crippen molar-refractivity contribution in [3.05, 3.63) is 101 Å². The molecule has 0 spiro atoms. The van der Waals surface area contributed by atoms with Crippen LogP contribution in [0.4, 0.5) is 0 Å². The van der Waals surface area contributed by atoms with Gasteiger partial charge in [0.2, 0.25) is 0 Å². The number of hydrogen-bond donors (Lipinski definition) is 1. The largest absolute Gasteiger partial charge is 0.394 e. The Morgan fingerprint density at radius 1 is 0.679 bits per heavy atom. The molecule has 0 aliphatic heterocycles. The maximum absolute atomic E-state index is 13.3. The monoisotopic (exact) mass is 368 g/mol. The van der Waals surface area contributed by atoms with Crippen molar-refractivity contribution in [3.63, 3.8) is 0 Å². The Morgan fingerprint density at radius 3 is 1.64 bits per heavy atom. The molecule has 4 nitrogen and oxygen atoms in total. The van der Waals surface area contributed by atoms with Crippen molar-refractivity contribution in [1.29, 1.82) is 0 Å². The molecule has 1 aromatic heterocycles. The summed E-state index contributed by atoms with van der Waals surface area (Å²) in [6.45, 7) is -0.00633. The molecule has 0 unspecified atom stereocenters. The van der Waals surface area contributed by atoms with E-state index in [4.69, 9.17) is 0 Å². The topological polar surface area (TPSA) is 55.1 Å². The number of rotatable bonds is 5. The molecule has 138 valence electrons. The summed E-state index contributed by atoms with van der Waals surface area (Å²) in [5.41, 5.74) is 4.59. The fourth-order valence-electron chi connectivity index (χ4n) is 3.37. The van der Waals surface area contributed by atoms with E-state index in [-0.39, 0.29) is 18.7 Å². The highest BCUT2D eigenvalue weighted by Crippen LogP contribution is 2.36. The van der Waals surface area contributed by atoms with E-state index in [1.54, 1.807) is 0 Å². The van der Waals surface area contributed by atoms with Crippen LogP contribution < -0.4 is 5.56 Å². The molecule has 0 fully saturated rings. The summed E-state index contributed by atoms with van der Waals surface area (Å²) in [7, 11) is 0. The van der Waals surface area contributed by atoms with Gasteiger partial charge >= 0.3 is 0 Å². The Balaban J connectivity index is 2.14. The first-order valence-electron chi connectivity index (χ1n) is 9.22. The third kappa shape index (κ3) is 3.38. The average Bonchev–Trinajstić information content (AvgIpc) is 2.76. The first-order valence-corrected chi connectivity index (χ1v) is 9.22. The lowest BCUT2D eigenvalue weighted by Crippen LogP contribution is -2.27. The molecule has 0 saturated carbocycles. The lowest BCUT2D eigenvalue weighted by molar-refractivity contribution is 0.266. The van der Waals surface area contributed by atoms with Crippen molar-refractivity contribution >= 4 is 0 Å². The molecule has 4 heteroatoms. The molecule has 0 amide bonds. The van der Waals surface area contributed by atoms with Crippen molar-refractivity contribution in [3.8, 4) is 33.5 Å². The minimum atomic E-state index is -0.209. The molecule has 4 rings (SSSR count). The third-order valence-electron chi connectivity index (χ3n) is 4.64. The molecule has 0 atom stereocenters. The second-order valence-corrected chi connectivity index (χ2v) is 6.45. The number of hydrogen-bond acceptors (Lipinski definition) is 3. The van der Waals surface area contributed by atoms with Crippen LogP contribution in [0, 0.1) is 0 Å². The van der Waals surface area contributed by atoms with Gasteiger partial charge in [0.1, 0.15) is 0 Å². The Morgan fingerprint density at radius 2 is 1.14 bits per heavy atom. The first-order chi connectivity index (χ1) is 13.8. The fraction of sp³-hybridized carbons (Fsp3) is 0.0833. The molecule has 1 N–H and O–H groups in total. The molecule has 3 aromatic carbocycles. The zero-order valence-electron chi connectivity index (χ0n) is 15.3. The van der Waals surface area contributed by atoms with E-state index in [0.29, 0.717) is 5.56 Å². The van der Waals surface area contributed by atoms with Crippen LogP contribution in [-0.4, -0.2) is 21.5 Å². The Hall–Kier alpha value is -3.50. The van der Waals surface area contributed by atoms with E-state index in [2.05, 4.69) is 5.10 Å². The highest BCUT2D eigenvalue weighted by atomic mass is 16.3. The molecule has 0 bridgehead atoms. The minimum Gasteiger partial charge on any atom is -0.394 e. The lowest BCUT2D eigenvalue weighted by Gasteiger charge is -2.17.